The number of aromatic nitrogens is 3. The van der Waals surface area contributed by atoms with Gasteiger partial charge in [0.05, 0.1) is 16.4 Å². The summed E-state index contributed by atoms with van der Waals surface area (Å²) >= 11 is 4.10. The predicted molar refractivity (Wildman–Crippen MR) is 125 cm³/mol. The number of thioether (sulfide) groups is 1. The molecule has 0 aliphatic carbocycles. The van der Waals surface area contributed by atoms with Crippen molar-refractivity contribution in [2.45, 2.75) is 11.3 Å². The fourth-order valence-electron chi connectivity index (χ4n) is 2.78. The lowest BCUT2D eigenvalue weighted by molar-refractivity contribution is -0.384. The maximum atomic E-state index is 12.3. The minimum absolute atomic E-state index is 0.0236. The Morgan fingerprint density at radius 3 is 2.59 bits per heavy atom. The SMILES string of the molecule is Cc1nnc(SCC(=O)N/N=c2/scc(-c3ccc([N+](=O)[O-])cc3)n2-c2ccccc2)s1. The number of benzene rings is 2. The highest BCUT2D eigenvalue weighted by Crippen LogP contribution is 2.25. The van der Waals surface area contributed by atoms with Crippen LogP contribution < -0.4 is 10.2 Å². The molecule has 0 aliphatic heterocycles. The molecule has 2 aromatic heterocycles. The largest absolute Gasteiger partial charge is 0.284 e. The molecule has 0 aliphatic rings. The number of carbonyl (C=O) groups is 1. The summed E-state index contributed by atoms with van der Waals surface area (Å²) in [6.07, 6.45) is 0. The standard InChI is InChI=1S/C20H16N6O3S3/c1-13-21-24-20(32-13)31-12-18(27)22-23-19-25(15-5-3-2-4-6-15)17(11-30-19)14-7-9-16(10-8-14)26(28)29/h2-11H,12H2,1H3,(H,22,27)/b23-19+. The molecule has 0 radical (unpaired) electrons. The van der Waals surface area contributed by atoms with Gasteiger partial charge in [0.25, 0.3) is 11.6 Å². The second-order valence-electron chi connectivity index (χ2n) is 6.40. The van der Waals surface area contributed by atoms with Crippen LogP contribution in [0.25, 0.3) is 16.9 Å². The van der Waals surface area contributed by atoms with E-state index in [1.807, 2.05) is 47.2 Å². The van der Waals surface area contributed by atoms with Gasteiger partial charge in [0, 0.05) is 23.2 Å². The maximum Gasteiger partial charge on any atom is 0.269 e. The molecule has 0 atom stereocenters. The average molecular weight is 485 g/mol. The number of nitro groups is 1. The second kappa shape index (κ2) is 9.85. The fraction of sp³-hybridized carbons (Fsp3) is 0.100. The van der Waals surface area contributed by atoms with E-state index in [-0.39, 0.29) is 17.3 Å². The summed E-state index contributed by atoms with van der Waals surface area (Å²) in [7, 11) is 0. The molecule has 0 bridgehead atoms. The summed E-state index contributed by atoms with van der Waals surface area (Å²) in [6.45, 7) is 1.86. The van der Waals surface area contributed by atoms with Crippen LogP contribution in [0.1, 0.15) is 5.01 Å². The number of hydrogen-bond donors (Lipinski definition) is 1. The lowest BCUT2D eigenvalue weighted by Gasteiger charge is -2.09. The van der Waals surface area contributed by atoms with Gasteiger partial charge in [0.1, 0.15) is 5.01 Å². The Kier molecular flexibility index (Phi) is 6.73. The van der Waals surface area contributed by atoms with Crippen molar-refractivity contribution in [1.82, 2.24) is 20.2 Å². The first-order chi connectivity index (χ1) is 15.5. The highest BCUT2D eigenvalue weighted by atomic mass is 32.2. The first-order valence-corrected chi connectivity index (χ1v) is 12.0. The Morgan fingerprint density at radius 2 is 1.94 bits per heavy atom. The Bertz CT molecular complexity index is 1310. The maximum absolute atomic E-state index is 12.3. The third-order valence-corrected chi connectivity index (χ3v) is 7.00. The van der Waals surface area contributed by atoms with Crippen molar-refractivity contribution >= 4 is 46.0 Å². The van der Waals surface area contributed by atoms with Gasteiger partial charge in [-0.05, 0) is 36.8 Å². The number of rotatable bonds is 7. The van der Waals surface area contributed by atoms with Gasteiger partial charge in [-0.1, -0.05) is 41.3 Å². The Balaban J connectivity index is 1.61. The number of nitro benzene ring substituents is 1. The number of para-hydroxylation sites is 1. The van der Waals surface area contributed by atoms with Gasteiger partial charge in [0.15, 0.2) is 4.34 Å². The molecule has 1 N–H and O–H groups in total. The first-order valence-electron chi connectivity index (χ1n) is 9.27. The van der Waals surface area contributed by atoms with Gasteiger partial charge < -0.3 is 0 Å². The quantitative estimate of drug-likeness (QED) is 0.241. The van der Waals surface area contributed by atoms with Crippen LogP contribution >= 0.6 is 34.4 Å². The monoisotopic (exact) mass is 484 g/mol. The number of thiazole rings is 1. The van der Waals surface area contributed by atoms with Crippen molar-refractivity contribution in [3.63, 3.8) is 0 Å². The van der Waals surface area contributed by atoms with Crippen LogP contribution in [-0.4, -0.2) is 31.3 Å². The number of nitrogens with zero attached hydrogens (tertiary/aromatic N) is 5. The van der Waals surface area contributed by atoms with E-state index in [0.29, 0.717) is 4.80 Å². The van der Waals surface area contributed by atoms with Crippen LogP contribution in [0.5, 0.6) is 0 Å². The van der Waals surface area contributed by atoms with Crippen molar-refractivity contribution in [2.75, 3.05) is 5.75 Å². The van der Waals surface area contributed by atoms with Gasteiger partial charge in [-0.2, -0.15) is 0 Å². The van der Waals surface area contributed by atoms with Crippen molar-refractivity contribution in [3.8, 4) is 16.9 Å². The molecule has 2 heterocycles. The summed E-state index contributed by atoms with van der Waals surface area (Å²) in [5, 5.41) is 26.0. The third-order valence-electron chi connectivity index (χ3n) is 4.21. The minimum Gasteiger partial charge on any atom is -0.284 e. The van der Waals surface area contributed by atoms with Crippen molar-refractivity contribution in [2.24, 2.45) is 5.10 Å². The van der Waals surface area contributed by atoms with Crippen LogP contribution in [0.15, 0.2) is 69.4 Å². The predicted octanol–water partition coefficient (Wildman–Crippen LogP) is 4.00. The summed E-state index contributed by atoms with van der Waals surface area (Å²) in [5.41, 5.74) is 5.08. The smallest absolute Gasteiger partial charge is 0.269 e. The molecule has 32 heavy (non-hydrogen) atoms. The highest BCUT2D eigenvalue weighted by molar-refractivity contribution is 8.01. The van der Waals surface area contributed by atoms with E-state index in [1.54, 1.807) is 12.1 Å². The van der Waals surface area contributed by atoms with Crippen molar-refractivity contribution in [1.29, 1.82) is 0 Å². The van der Waals surface area contributed by atoms with E-state index in [4.69, 9.17) is 0 Å². The zero-order valence-electron chi connectivity index (χ0n) is 16.7. The Morgan fingerprint density at radius 1 is 1.19 bits per heavy atom. The van der Waals surface area contributed by atoms with E-state index >= 15 is 0 Å². The number of amides is 1. The molecular formula is C20H16N6O3S3. The van der Waals surface area contributed by atoms with Crippen molar-refractivity contribution in [3.05, 3.63) is 79.9 Å². The third kappa shape index (κ3) is 5.10. The molecule has 1 amide bonds. The molecule has 2 aromatic carbocycles. The van der Waals surface area contributed by atoms with Crippen LogP contribution in [0.3, 0.4) is 0 Å². The Hall–Kier alpha value is -3.35. The molecule has 0 fully saturated rings. The summed E-state index contributed by atoms with van der Waals surface area (Å²) < 4.78 is 2.63. The minimum atomic E-state index is -0.431. The summed E-state index contributed by atoms with van der Waals surface area (Å²) in [6, 6.07) is 15.9. The molecule has 12 heteroatoms. The lowest BCUT2D eigenvalue weighted by atomic mass is 10.1. The number of nitrogens with one attached hydrogen (secondary N) is 1. The number of hydrogen-bond acceptors (Lipinski definition) is 9. The van der Waals surface area contributed by atoms with E-state index in [9.17, 15) is 14.9 Å². The van der Waals surface area contributed by atoms with Gasteiger partial charge >= 0.3 is 0 Å². The van der Waals surface area contributed by atoms with Crippen molar-refractivity contribution < 1.29 is 9.72 Å². The molecule has 4 aromatic rings. The molecule has 0 spiro atoms. The summed E-state index contributed by atoms with van der Waals surface area (Å²) in [5.74, 6) is -0.0860. The van der Waals surface area contributed by atoms with E-state index in [2.05, 4.69) is 20.7 Å². The molecule has 4 rings (SSSR count). The molecule has 9 nitrogen and oxygen atoms in total. The van der Waals surface area contributed by atoms with E-state index in [1.165, 1.54) is 46.6 Å². The van der Waals surface area contributed by atoms with Gasteiger partial charge in [0.2, 0.25) is 4.80 Å². The van der Waals surface area contributed by atoms with Crippen LogP contribution in [0.4, 0.5) is 5.69 Å². The normalized spacial score (nSPS) is 11.5. The van der Waals surface area contributed by atoms with Crippen LogP contribution in [0.2, 0.25) is 0 Å². The zero-order valence-corrected chi connectivity index (χ0v) is 19.1. The number of aryl methyl sites for hydroxylation is 1. The van der Waals surface area contributed by atoms with Crippen LogP contribution in [0, 0.1) is 17.0 Å². The average Bonchev–Trinajstić information content (AvgIpc) is 3.43. The van der Waals surface area contributed by atoms with Gasteiger partial charge in [-0.25, -0.2) is 5.43 Å². The summed E-state index contributed by atoms with van der Waals surface area (Å²) in [4.78, 5) is 23.4. The molecule has 162 valence electrons. The number of non-ortho nitro benzene ring substituents is 1. The molecule has 0 unspecified atom stereocenters. The lowest BCUT2D eigenvalue weighted by Crippen LogP contribution is -2.25. The molecular weight excluding hydrogens is 468 g/mol. The second-order valence-corrected chi connectivity index (χ2v) is 9.64. The van der Waals surface area contributed by atoms with E-state index in [0.717, 1.165) is 26.3 Å². The van der Waals surface area contributed by atoms with Gasteiger partial charge in [-0.3, -0.25) is 19.5 Å². The Labute approximate surface area is 194 Å². The molecule has 0 saturated heterocycles. The fourth-order valence-corrected chi connectivity index (χ4v) is 5.25. The van der Waals surface area contributed by atoms with E-state index < -0.39 is 4.92 Å². The zero-order chi connectivity index (χ0) is 22.5. The van der Waals surface area contributed by atoms with Crippen LogP contribution in [-0.2, 0) is 4.79 Å². The highest BCUT2D eigenvalue weighted by Gasteiger charge is 2.13. The molecule has 0 saturated carbocycles. The number of carbonyl (C=O) groups excluding carboxylic acids is 1. The van der Waals surface area contributed by atoms with Gasteiger partial charge in [-0.15, -0.1) is 26.6 Å². The topological polar surface area (TPSA) is 115 Å². The first kappa shape index (κ1) is 21.9.